The number of fused-ring (bicyclic) bond motifs is 1. The molecule has 1 aromatic rings. The maximum Gasteiger partial charge on any atom is 0.250 e. The Morgan fingerprint density at radius 1 is 1.24 bits per heavy atom. The second-order valence-electron chi connectivity index (χ2n) is 4.68. The van der Waals surface area contributed by atoms with E-state index in [0.717, 1.165) is 25.7 Å². The summed E-state index contributed by atoms with van der Waals surface area (Å²) in [4.78, 5) is 12.1. The van der Waals surface area contributed by atoms with E-state index in [1.807, 2.05) is 0 Å². The monoisotopic (exact) mass is 298 g/mol. The molecule has 1 saturated carbocycles. The van der Waals surface area contributed by atoms with Crippen molar-refractivity contribution in [2.24, 2.45) is 0 Å². The van der Waals surface area contributed by atoms with Crippen molar-refractivity contribution in [3.05, 3.63) is 22.4 Å². The van der Waals surface area contributed by atoms with Crippen LogP contribution < -0.4 is 10.6 Å². The molecular formula is C12H12BrFN2O. The summed E-state index contributed by atoms with van der Waals surface area (Å²) >= 11 is 3.12. The van der Waals surface area contributed by atoms with Gasteiger partial charge in [-0.25, -0.2) is 4.39 Å². The molecule has 1 spiro atoms. The molecule has 0 aromatic heterocycles. The van der Waals surface area contributed by atoms with E-state index in [1.165, 1.54) is 6.07 Å². The van der Waals surface area contributed by atoms with Gasteiger partial charge in [0.15, 0.2) is 0 Å². The van der Waals surface area contributed by atoms with Crippen molar-refractivity contribution in [2.45, 2.75) is 31.2 Å². The molecule has 1 aliphatic heterocycles. The van der Waals surface area contributed by atoms with Gasteiger partial charge in [0.05, 0.1) is 15.8 Å². The first kappa shape index (κ1) is 11.0. The predicted octanol–water partition coefficient (Wildman–Crippen LogP) is 3.27. The number of hydrogen-bond acceptors (Lipinski definition) is 2. The van der Waals surface area contributed by atoms with Gasteiger partial charge < -0.3 is 10.6 Å². The molecule has 5 heteroatoms. The van der Waals surface area contributed by atoms with Crippen molar-refractivity contribution in [2.75, 3.05) is 10.6 Å². The van der Waals surface area contributed by atoms with E-state index in [9.17, 15) is 9.18 Å². The topological polar surface area (TPSA) is 41.1 Å². The van der Waals surface area contributed by atoms with Crippen molar-refractivity contribution >= 4 is 33.2 Å². The molecule has 0 unspecified atom stereocenters. The molecule has 0 saturated heterocycles. The molecule has 0 radical (unpaired) electrons. The van der Waals surface area contributed by atoms with Gasteiger partial charge in [0.25, 0.3) is 0 Å². The molecule has 90 valence electrons. The highest BCUT2D eigenvalue weighted by molar-refractivity contribution is 9.10. The lowest BCUT2D eigenvalue weighted by molar-refractivity contribution is -0.120. The summed E-state index contributed by atoms with van der Waals surface area (Å²) < 4.78 is 13.8. The highest BCUT2D eigenvalue weighted by Crippen LogP contribution is 2.41. The molecule has 1 aliphatic carbocycles. The second kappa shape index (κ2) is 3.70. The number of rotatable bonds is 0. The van der Waals surface area contributed by atoms with Crippen molar-refractivity contribution in [3.8, 4) is 0 Å². The highest BCUT2D eigenvalue weighted by Gasteiger charge is 2.44. The van der Waals surface area contributed by atoms with Crippen LogP contribution in [-0.2, 0) is 4.79 Å². The smallest absolute Gasteiger partial charge is 0.250 e. The zero-order valence-electron chi connectivity index (χ0n) is 9.15. The molecule has 0 bridgehead atoms. The van der Waals surface area contributed by atoms with E-state index in [4.69, 9.17) is 0 Å². The van der Waals surface area contributed by atoms with Crippen LogP contribution in [-0.4, -0.2) is 11.4 Å². The summed E-state index contributed by atoms with van der Waals surface area (Å²) in [6.45, 7) is 0. The molecule has 17 heavy (non-hydrogen) atoms. The molecule has 2 aliphatic rings. The number of benzene rings is 1. The van der Waals surface area contributed by atoms with Gasteiger partial charge in [-0.05, 0) is 34.8 Å². The fraction of sp³-hybridized carbons (Fsp3) is 0.417. The largest absolute Gasteiger partial charge is 0.369 e. The summed E-state index contributed by atoms with van der Waals surface area (Å²) in [5, 5.41) is 6.08. The van der Waals surface area contributed by atoms with Gasteiger partial charge in [-0.15, -0.1) is 0 Å². The van der Waals surface area contributed by atoms with Crippen LogP contribution in [0.15, 0.2) is 16.6 Å². The summed E-state index contributed by atoms with van der Waals surface area (Å²) in [5.41, 5.74) is 0.792. The molecule has 2 N–H and O–H groups in total. The van der Waals surface area contributed by atoms with Gasteiger partial charge in [-0.3, -0.25) is 4.79 Å². The summed E-state index contributed by atoms with van der Waals surface area (Å²) in [6, 6.07) is 3.02. The Morgan fingerprint density at radius 3 is 2.65 bits per heavy atom. The average molecular weight is 299 g/mol. The van der Waals surface area contributed by atoms with Crippen LogP contribution >= 0.6 is 15.9 Å². The van der Waals surface area contributed by atoms with Crippen LogP contribution in [0.5, 0.6) is 0 Å². The lowest BCUT2D eigenvalue weighted by Gasteiger charge is -2.35. The normalized spacial score (nSPS) is 20.9. The number of halogens is 2. The Balaban J connectivity index is 2.04. The van der Waals surface area contributed by atoms with Crippen molar-refractivity contribution in [1.29, 1.82) is 0 Å². The molecule has 3 rings (SSSR count). The van der Waals surface area contributed by atoms with Crippen molar-refractivity contribution in [3.63, 3.8) is 0 Å². The molecule has 1 fully saturated rings. The van der Waals surface area contributed by atoms with E-state index in [-0.39, 0.29) is 11.7 Å². The van der Waals surface area contributed by atoms with Gasteiger partial charge in [0.2, 0.25) is 5.91 Å². The molecule has 1 amide bonds. The van der Waals surface area contributed by atoms with Crippen LogP contribution in [0, 0.1) is 5.82 Å². The molecule has 3 nitrogen and oxygen atoms in total. The molecule has 0 atom stereocenters. The summed E-state index contributed by atoms with van der Waals surface area (Å²) in [7, 11) is 0. The summed E-state index contributed by atoms with van der Waals surface area (Å²) in [6.07, 6.45) is 3.70. The number of amides is 1. The third-order valence-electron chi connectivity index (χ3n) is 3.57. The third kappa shape index (κ3) is 1.64. The maximum atomic E-state index is 13.5. The zero-order chi connectivity index (χ0) is 12.0. The minimum Gasteiger partial charge on any atom is -0.369 e. The van der Waals surface area contributed by atoms with Crippen LogP contribution in [0.4, 0.5) is 15.8 Å². The van der Waals surface area contributed by atoms with Gasteiger partial charge in [0.1, 0.15) is 11.4 Å². The van der Waals surface area contributed by atoms with Gasteiger partial charge in [-0.1, -0.05) is 12.8 Å². The Labute approximate surface area is 107 Å². The number of nitrogens with one attached hydrogen (secondary N) is 2. The Hall–Kier alpha value is -1.10. The number of carbonyl (C=O) groups excluding carboxylic acids is 1. The van der Waals surface area contributed by atoms with Gasteiger partial charge in [0, 0.05) is 6.07 Å². The minimum atomic E-state index is -0.521. The maximum absolute atomic E-state index is 13.5. The van der Waals surface area contributed by atoms with Crippen LogP contribution in [0.25, 0.3) is 0 Å². The van der Waals surface area contributed by atoms with Crippen LogP contribution in [0.2, 0.25) is 0 Å². The minimum absolute atomic E-state index is 0.000933. The lowest BCUT2D eigenvalue weighted by Crippen LogP contribution is -2.50. The number of hydrogen-bond donors (Lipinski definition) is 2. The van der Waals surface area contributed by atoms with Crippen LogP contribution in [0.3, 0.4) is 0 Å². The third-order valence-corrected chi connectivity index (χ3v) is 4.18. The molecular weight excluding hydrogens is 287 g/mol. The molecule has 1 aromatic carbocycles. The SMILES string of the molecule is O=C1Nc2cc(Br)c(F)cc2NC12CCCC2. The van der Waals surface area contributed by atoms with E-state index in [2.05, 4.69) is 26.6 Å². The Bertz CT molecular complexity index is 498. The Morgan fingerprint density at radius 2 is 1.94 bits per heavy atom. The van der Waals surface area contributed by atoms with E-state index in [1.54, 1.807) is 6.07 Å². The fourth-order valence-electron chi connectivity index (χ4n) is 2.64. The number of carbonyl (C=O) groups is 1. The Kier molecular flexibility index (Phi) is 2.40. The van der Waals surface area contributed by atoms with E-state index < -0.39 is 5.54 Å². The fourth-order valence-corrected chi connectivity index (χ4v) is 2.98. The van der Waals surface area contributed by atoms with E-state index >= 15 is 0 Å². The first-order valence-corrected chi connectivity index (χ1v) is 6.49. The highest BCUT2D eigenvalue weighted by atomic mass is 79.9. The average Bonchev–Trinajstić information content (AvgIpc) is 2.73. The van der Waals surface area contributed by atoms with Gasteiger partial charge in [-0.2, -0.15) is 0 Å². The predicted molar refractivity (Wildman–Crippen MR) is 67.6 cm³/mol. The van der Waals surface area contributed by atoms with Gasteiger partial charge >= 0.3 is 0 Å². The van der Waals surface area contributed by atoms with Crippen molar-refractivity contribution < 1.29 is 9.18 Å². The molecule has 1 heterocycles. The summed E-state index contributed by atoms with van der Waals surface area (Å²) in [5.74, 6) is -0.318. The van der Waals surface area contributed by atoms with Crippen LogP contribution in [0.1, 0.15) is 25.7 Å². The second-order valence-corrected chi connectivity index (χ2v) is 5.53. The quantitative estimate of drug-likeness (QED) is 0.772. The zero-order valence-corrected chi connectivity index (χ0v) is 10.7. The standard InChI is InChI=1S/C12H12BrFN2O/c13-7-5-9-10(6-8(7)14)16-12(11(17)15-9)3-1-2-4-12/h5-6,16H,1-4H2,(H,15,17). The lowest BCUT2D eigenvalue weighted by atomic mass is 9.93. The van der Waals surface area contributed by atoms with E-state index in [0.29, 0.717) is 15.8 Å². The number of anilines is 2. The first-order chi connectivity index (χ1) is 8.11. The first-order valence-electron chi connectivity index (χ1n) is 5.69. The van der Waals surface area contributed by atoms with Crippen molar-refractivity contribution in [1.82, 2.24) is 0 Å².